The van der Waals surface area contributed by atoms with Crippen molar-refractivity contribution in [3.63, 3.8) is 0 Å². The largest absolute Gasteiger partial charge is 0.495 e. The van der Waals surface area contributed by atoms with Crippen molar-refractivity contribution in [3.05, 3.63) is 124 Å². The van der Waals surface area contributed by atoms with E-state index in [4.69, 9.17) is 16.3 Å². The van der Waals surface area contributed by atoms with Crippen LogP contribution in [-0.2, 0) is 32.6 Å². The van der Waals surface area contributed by atoms with Gasteiger partial charge in [0.15, 0.2) is 0 Å². The second-order valence-corrected chi connectivity index (χ2v) is 14.9. The van der Waals surface area contributed by atoms with Gasteiger partial charge in [-0.05, 0) is 74.4 Å². The van der Waals surface area contributed by atoms with Crippen molar-refractivity contribution in [2.75, 3.05) is 18.0 Å². The predicted molar refractivity (Wildman–Crippen MR) is 185 cm³/mol. The Balaban J connectivity index is 1.84. The van der Waals surface area contributed by atoms with Crippen LogP contribution in [0.15, 0.2) is 112 Å². The maximum atomic E-state index is 14.6. The maximum Gasteiger partial charge on any atom is 0.264 e. The number of nitrogens with one attached hydrogen (secondary N) is 1. The molecule has 0 unspecified atom stereocenters. The molecule has 4 rings (SSSR count). The van der Waals surface area contributed by atoms with Gasteiger partial charge in [0.2, 0.25) is 11.8 Å². The molecule has 8 nitrogen and oxygen atoms in total. The monoisotopic (exact) mass is 725 g/mol. The Kier molecular flexibility index (Phi) is 11.5. The Morgan fingerprint density at radius 2 is 1.52 bits per heavy atom. The van der Waals surface area contributed by atoms with E-state index in [-0.39, 0.29) is 34.5 Å². The van der Waals surface area contributed by atoms with Gasteiger partial charge in [0.25, 0.3) is 10.0 Å². The van der Waals surface area contributed by atoms with E-state index in [0.29, 0.717) is 5.75 Å². The topological polar surface area (TPSA) is 96.0 Å². The number of anilines is 1. The molecule has 4 aromatic carbocycles. The molecule has 0 aliphatic carbocycles. The van der Waals surface area contributed by atoms with Gasteiger partial charge in [-0.1, -0.05) is 88.2 Å². The molecule has 242 valence electrons. The molecule has 0 aromatic heterocycles. The fourth-order valence-electron chi connectivity index (χ4n) is 4.90. The molecule has 11 heteroatoms. The zero-order valence-electron chi connectivity index (χ0n) is 26.1. The first-order valence-corrected chi connectivity index (χ1v) is 17.2. The third-order valence-electron chi connectivity index (χ3n) is 7.04. The average Bonchev–Trinajstić information content (AvgIpc) is 3.01. The molecule has 0 saturated carbocycles. The minimum absolute atomic E-state index is 0.000378. The summed E-state index contributed by atoms with van der Waals surface area (Å²) in [4.78, 5) is 30.0. The van der Waals surface area contributed by atoms with Crippen molar-refractivity contribution in [1.29, 1.82) is 0 Å². The predicted octanol–water partition coefficient (Wildman–Crippen LogP) is 6.86. The molecule has 0 aliphatic heterocycles. The van der Waals surface area contributed by atoms with Crippen molar-refractivity contribution < 1.29 is 22.7 Å². The van der Waals surface area contributed by atoms with Gasteiger partial charge in [0.05, 0.1) is 22.7 Å². The highest BCUT2D eigenvalue weighted by atomic mass is 79.9. The highest BCUT2D eigenvalue weighted by Gasteiger charge is 2.35. The van der Waals surface area contributed by atoms with Crippen molar-refractivity contribution in [2.45, 2.75) is 50.2 Å². The van der Waals surface area contributed by atoms with Crippen molar-refractivity contribution in [1.82, 2.24) is 10.2 Å². The Labute approximate surface area is 284 Å². The minimum atomic E-state index is -4.25. The van der Waals surface area contributed by atoms with Gasteiger partial charge in [-0.3, -0.25) is 13.9 Å². The van der Waals surface area contributed by atoms with E-state index in [0.717, 1.165) is 19.9 Å². The first-order valence-electron chi connectivity index (χ1n) is 14.6. The Hall–Kier alpha value is -3.86. The number of carbonyl (C=O) groups is 2. The average molecular weight is 727 g/mol. The van der Waals surface area contributed by atoms with Gasteiger partial charge in [0.1, 0.15) is 18.3 Å². The second-order valence-electron chi connectivity index (χ2n) is 11.7. The van der Waals surface area contributed by atoms with E-state index in [1.165, 1.54) is 36.3 Å². The first kappa shape index (κ1) is 35.0. The summed E-state index contributed by atoms with van der Waals surface area (Å²) >= 11 is 9.93. The molecular formula is C35H37BrClN3O5S. The fraction of sp³-hybridized carbons (Fsp3) is 0.257. The number of amides is 2. The highest BCUT2D eigenvalue weighted by Crippen LogP contribution is 2.32. The van der Waals surface area contributed by atoms with Crippen LogP contribution < -0.4 is 14.4 Å². The minimum Gasteiger partial charge on any atom is -0.495 e. The van der Waals surface area contributed by atoms with E-state index >= 15 is 0 Å². The smallest absolute Gasteiger partial charge is 0.264 e. The van der Waals surface area contributed by atoms with Crippen LogP contribution in [0.4, 0.5) is 5.69 Å². The Morgan fingerprint density at radius 3 is 2.11 bits per heavy atom. The first-order chi connectivity index (χ1) is 21.8. The van der Waals surface area contributed by atoms with E-state index < -0.39 is 34.1 Å². The van der Waals surface area contributed by atoms with E-state index in [9.17, 15) is 18.0 Å². The summed E-state index contributed by atoms with van der Waals surface area (Å²) in [6, 6.07) is 28.3. The standard InChI is InChI=1S/C35H37BrClN3O5S/c1-35(2,3)38-34(42)31(21-25-12-7-5-8-13-25)39(23-26-14-11-15-27(36)20-26)33(41)24-40(28-18-19-32(45-4)30(37)22-28)46(43,44)29-16-9-6-10-17-29/h5-20,22,31H,21,23-24H2,1-4H3,(H,38,42)/t31-/m1/s1. The maximum absolute atomic E-state index is 14.6. The van der Waals surface area contributed by atoms with Gasteiger partial charge in [-0.2, -0.15) is 0 Å². The van der Waals surface area contributed by atoms with Crippen LogP contribution >= 0.6 is 27.5 Å². The van der Waals surface area contributed by atoms with E-state index in [2.05, 4.69) is 21.2 Å². The van der Waals surface area contributed by atoms with Crippen LogP contribution in [0, 0.1) is 0 Å². The Morgan fingerprint density at radius 1 is 0.891 bits per heavy atom. The molecule has 0 heterocycles. The van der Waals surface area contributed by atoms with Crippen LogP contribution in [-0.4, -0.2) is 50.4 Å². The van der Waals surface area contributed by atoms with Gasteiger partial charge < -0.3 is 15.0 Å². The summed E-state index contributed by atoms with van der Waals surface area (Å²) in [6.45, 7) is 5.06. The molecule has 4 aromatic rings. The number of ether oxygens (including phenoxy) is 1. The molecule has 0 bridgehead atoms. The zero-order valence-corrected chi connectivity index (χ0v) is 29.3. The quantitative estimate of drug-likeness (QED) is 0.172. The van der Waals surface area contributed by atoms with E-state index in [1.54, 1.807) is 24.3 Å². The van der Waals surface area contributed by atoms with Gasteiger partial charge in [-0.15, -0.1) is 0 Å². The molecule has 1 N–H and O–H groups in total. The van der Waals surface area contributed by atoms with Crippen LogP contribution in [0.2, 0.25) is 5.02 Å². The molecule has 0 saturated heterocycles. The molecule has 0 fully saturated rings. The summed E-state index contributed by atoms with van der Waals surface area (Å²) in [5.74, 6) is -0.576. The lowest BCUT2D eigenvalue weighted by Crippen LogP contribution is -2.56. The summed E-state index contributed by atoms with van der Waals surface area (Å²) in [5, 5.41) is 3.21. The molecule has 1 atom stereocenters. The van der Waals surface area contributed by atoms with Gasteiger partial charge >= 0.3 is 0 Å². The fourth-order valence-corrected chi connectivity index (χ4v) is 7.02. The van der Waals surface area contributed by atoms with Crippen molar-refractivity contribution in [3.8, 4) is 5.75 Å². The lowest BCUT2D eigenvalue weighted by molar-refractivity contribution is -0.140. The van der Waals surface area contributed by atoms with Gasteiger partial charge in [-0.25, -0.2) is 8.42 Å². The van der Waals surface area contributed by atoms with Gasteiger partial charge in [0, 0.05) is 23.0 Å². The normalized spacial score (nSPS) is 12.2. The number of benzene rings is 4. The van der Waals surface area contributed by atoms with Crippen LogP contribution in [0.5, 0.6) is 5.75 Å². The van der Waals surface area contributed by atoms with Crippen molar-refractivity contribution in [2.24, 2.45) is 0 Å². The third kappa shape index (κ3) is 9.11. The van der Waals surface area contributed by atoms with Crippen molar-refractivity contribution >= 4 is 55.1 Å². The summed E-state index contributed by atoms with van der Waals surface area (Å²) in [7, 11) is -2.80. The van der Waals surface area contributed by atoms with Crippen LogP contribution in [0.25, 0.3) is 0 Å². The number of hydrogen-bond donors (Lipinski definition) is 1. The number of methoxy groups -OCH3 is 1. The number of sulfonamides is 1. The molecular weight excluding hydrogens is 690 g/mol. The second kappa shape index (κ2) is 15.2. The number of nitrogens with zero attached hydrogens (tertiary/aromatic N) is 2. The number of hydrogen-bond acceptors (Lipinski definition) is 5. The summed E-state index contributed by atoms with van der Waals surface area (Å²) in [6.07, 6.45) is 0.211. The van der Waals surface area contributed by atoms with E-state index in [1.807, 2.05) is 75.4 Å². The summed E-state index contributed by atoms with van der Waals surface area (Å²) in [5.41, 5.74) is 1.19. The SMILES string of the molecule is COc1ccc(N(CC(=O)N(Cc2cccc(Br)c2)[C@H](Cc2ccccc2)C(=O)NC(C)(C)C)S(=O)(=O)c2ccccc2)cc1Cl. The molecule has 46 heavy (non-hydrogen) atoms. The molecule has 0 aliphatic rings. The third-order valence-corrected chi connectivity index (χ3v) is 9.62. The number of halogens is 2. The van der Waals surface area contributed by atoms with Crippen LogP contribution in [0.3, 0.4) is 0 Å². The summed E-state index contributed by atoms with van der Waals surface area (Å²) < 4.78 is 35.4. The lowest BCUT2D eigenvalue weighted by Gasteiger charge is -2.35. The molecule has 0 radical (unpaired) electrons. The zero-order chi connectivity index (χ0) is 33.5. The Bertz CT molecular complexity index is 1770. The molecule has 2 amide bonds. The lowest BCUT2D eigenvalue weighted by atomic mass is 10.0. The van der Waals surface area contributed by atoms with Crippen LogP contribution in [0.1, 0.15) is 31.9 Å². The highest BCUT2D eigenvalue weighted by molar-refractivity contribution is 9.10. The number of carbonyl (C=O) groups excluding carboxylic acids is 2. The molecule has 0 spiro atoms. The number of rotatable bonds is 12.